The van der Waals surface area contributed by atoms with E-state index in [1.165, 1.54) is 5.71 Å². The minimum Gasteiger partial charge on any atom is -0.292 e. The summed E-state index contributed by atoms with van der Waals surface area (Å²) in [6, 6.07) is 0.961. The molecule has 0 saturated heterocycles. The Morgan fingerprint density at radius 3 is 1.54 bits per heavy atom. The van der Waals surface area contributed by atoms with E-state index in [9.17, 15) is 0 Å². The number of rotatable bonds is 4. The van der Waals surface area contributed by atoms with Crippen LogP contribution in [0.2, 0.25) is 0 Å². The van der Waals surface area contributed by atoms with Crippen molar-refractivity contribution in [3.8, 4) is 0 Å². The maximum atomic E-state index is 4.62. The summed E-state index contributed by atoms with van der Waals surface area (Å²) in [5.74, 6) is 0.542. The van der Waals surface area contributed by atoms with Gasteiger partial charge >= 0.3 is 0 Å². The van der Waals surface area contributed by atoms with Crippen LogP contribution in [0.1, 0.15) is 48.5 Å². The molecular formula is C11H24N2. The van der Waals surface area contributed by atoms with Crippen LogP contribution in [0.5, 0.6) is 0 Å². The molecule has 0 spiro atoms. The first kappa shape index (κ1) is 12.5. The second-order valence-corrected chi connectivity index (χ2v) is 4.46. The van der Waals surface area contributed by atoms with Crippen molar-refractivity contribution < 1.29 is 0 Å². The van der Waals surface area contributed by atoms with E-state index >= 15 is 0 Å². The minimum absolute atomic E-state index is 0.480. The zero-order chi connectivity index (χ0) is 10.6. The maximum absolute atomic E-state index is 4.62. The fraction of sp³-hybridized carbons (Fsp3) is 0.909. The van der Waals surface area contributed by atoms with Gasteiger partial charge < -0.3 is 0 Å². The molecule has 78 valence electrons. The second kappa shape index (κ2) is 5.25. The molecule has 2 nitrogen and oxygen atoms in total. The van der Waals surface area contributed by atoms with Crippen molar-refractivity contribution in [3.05, 3.63) is 0 Å². The van der Waals surface area contributed by atoms with Crippen LogP contribution in [0.3, 0.4) is 0 Å². The topological polar surface area (TPSA) is 15.6 Å². The highest BCUT2D eigenvalue weighted by Gasteiger charge is 2.11. The Labute approximate surface area is 83.0 Å². The van der Waals surface area contributed by atoms with Crippen LogP contribution >= 0.6 is 0 Å². The van der Waals surface area contributed by atoms with Gasteiger partial charge in [-0.2, -0.15) is 5.10 Å². The van der Waals surface area contributed by atoms with Gasteiger partial charge in [-0.1, -0.05) is 13.8 Å². The fourth-order valence-electron chi connectivity index (χ4n) is 1.12. The quantitative estimate of drug-likeness (QED) is 0.484. The summed E-state index contributed by atoms with van der Waals surface area (Å²) in [6.45, 7) is 15.2. The van der Waals surface area contributed by atoms with Crippen molar-refractivity contribution in [1.82, 2.24) is 5.01 Å². The highest BCUT2D eigenvalue weighted by Crippen LogP contribution is 2.08. The smallest absolute Gasteiger partial charge is 0.0417 e. The van der Waals surface area contributed by atoms with Crippen LogP contribution in [0.4, 0.5) is 0 Å². The largest absolute Gasteiger partial charge is 0.292 e. The first-order valence-corrected chi connectivity index (χ1v) is 5.19. The van der Waals surface area contributed by atoms with E-state index in [4.69, 9.17) is 0 Å². The Bertz CT molecular complexity index is 161. The Balaban J connectivity index is 4.50. The monoisotopic (exact) mass is 184 g/mol. The van der Waals surface area contributed by atoms with Gasteiger partial charge in [-0.3, -0.25) is 5.01 Å². The molecule has 0 heterocycles. The molecule has 0 bridgehead atoms. The molecule has 0 aliphatic rings. The van der Waals surface area contributed by atoms with E-state index in [1.54, 1.807) is 0 Å². The summed E-state index contributed by atoms with van der Waals surface area (Å²) in [7, 11) is 0. The number of nitrogens with zero attached hydrogens (tertiary/aromatic N) is 2. The molecule has 0 unspecified atom stereocenters. The molecule has 0 aromatic carbocycles. The molecule has 0 saturated carbocycles. The summed E-state index contributed by atoms with van der Waals surface area (Å²) in [5, 5.41) is 6.79. The first-order valence-electron chi connectivity index (χ1n) is 5.19. The number of hydrogen-bond acceptors (Lipinski definition) is 2. The van der Waals surface area contributed by atoms with Gasteiger partial charge in [-0.05, 0) is 40.5 Å². The highest BCUT2D eigenvalue weighted by molar-refractivity contribution is 5.83. The SMILES string of the molecule is C/C(=N/N(C(C)C)C(C)C)C(C)C. The van der Waals surface area contributed by atoms with E-state index < -0.39 is 0 Å². The number of hydrogen-bond donors (Lipinski definition) is 0. The molecule has 0 radical (unpaired) electrons. The van der Waals surface area contributed by atoms with Gasteiger partial charge in [0.25, 0.3) is 0 Å². The van der Waals surface area contributed by atoms with Crippen LogP contribution in [0.15, 0.2) is 5.10 Å². The van der Waals surface area contributed by atoms with E-state index in [2.05, 4.69) is 58.6 Å². The lowest BCUT2D eigenvalue weighted by Crippen LogP contribution is -2.33. The molecule has 0 aliphatic carbocycles. The zero-order valence-electron chi connectivity index (χ0n) is 10.1. The average molecular weight is 184 g/mol. The first-order chi connectivity index (χ1) is 5.86. The summed E-state index contributed by atoms with van der Waals surface area (Å²) in [4.78, 5) is 0. The Morgan fingerprint density at radius 1 is 0.923 bits per heavy atom. The van der Waals surface area contributed by atoms with E-state index in [1.807, 2.05) is 0 Å². The predicted molar refractivity (Wildman–Crippen MR) is 60.1 cm³/mol. The van der Waals surface area contributed by atoms with Crippen molar-refractivity contribution >= 4 is 5.71 Å². The van der Waals surface area contributed by atoms with Gasteiger partial charge in [0, 0.05) is 17.8 Å². The molecule has 0 aromatic rings. The van der Waals surface area contributed by atoms with Crippen molar-refractivity contribution in [2.75, 3.05) is 0 Å². The van der Waals surface area contributed by atoms with Gasteiger partial charge in [0.05, 0.1) is 0 Å². The van der Waals surface area contributed by atoms with Gasteiger partial charge in [0.1, 0.15) is 0 Å². The Hall–Kier alpha value is -0.530. The zero-order valence-corrected chi connectivity index (χ0v) is 10.1. The maximum Gasteiger partial charge on any atom is 0.0417 e. The van der Waals surface area contributed by atoms with Crippen molar-refractivity contribution in [2.24, 2.45) is 11.0 Å². The molecule has 0 rings (SSSR count). The molecule has 2 heteroatoms. The van der Waals surface area contributed by atoms with Crippen LogP contribution in [-0.4, -0.2) is 22.8 Å². The summed E-state index contributed by atoms with van der Waals surface area (Å²) in [5.41, 5.74) is 1.21. The fourth-order valence-corrected chi connectivity index (χ4v) is 1.12. The Morgan fingerprint density at radius 2 is 1.31 bits per heavy atom. The third-order valence-corrected chi connectivity index (χ3v) is 2.17. The molecule has 0 amide bonds. The van der Waals surface area contributed by atoms with Crippen molar-refractivity contribution in [1.29, 1.82) is 0 Å². The van der Waals surface area contributed by atoms with Crippen LogP contribution in [-0.2, 0) is 0 Å². The lowest BCUT2D eigenvalue weighted by atomic mass is 10.1. The minimum atomic E-state index is 0.480. The van der Waals surface area contributed by atoms with Gasteiger partial charge in [-0.25, -0.2) is 0 Å². The third-order valence-electron chi connectivity index (χ3n) is 2.17. The lowest BCUT2D eigenvalue weighted by Gasteiger charge is -2.28. The van der Waals surface area contributed by atoms with Crippen LogP contribution < -0.4 is 0 Å². The molecule has 0 atom stereocenters. The van der Waals surface area contributed by atoms with Gasteiger partial charge in [0.2, 0.25) is 0 Å². The molecule has 0 fully saturated rings. The van der Waals surface area contributed by atoms with Crippen LogP contribution in [0.25, 0.3) is 0 Å². The predicted octanol–water partition coefficient (Wildman–Crippen LogP) is 3.14. The van der Waals surface area contributed by atoms with E-state index in [-0.39, 0.29) is 0 Å². The molecule has 0 N–H and O–H groups in total. The Kier molecular flexibility index (Phi) is 5.04. The van der Waals surface area contributed by atoms with Gasteiger partial charge in [-0.15, -0.1) is 0 Å². The van der Waals surface area contributed by atoms with Gasteiger partial charge in [0.15, 0.2) is 0 Å². The normalized spacial score (nSPS) is 13.2. The summed E-state index contributed by atoms with van der Waals surface area (Å²) < 4.78 is 0. The van der Waals surface area contributed by atoms with E-state index in [0.29, 0.717) is 18.0 Å². The number of hydrazone groups is 1. The molecule has 0 aliphatic heterocycles. The third kappa shape index (κ3) is 4.30. The molecule has 13 heavy (non-hydrogen) atoms. The van der Waals surface area contributed by atoms with E-state index in [0.717, 1.165) is 0 Å². The molecule has 0 aromatic heterocycles. The van der Waals surface area contributed by atoms with Crippen LogP contribution in [0, 0.1) is 5.92 Å². The highest BCUT2D eigenvalue weighted by atomic mass is 15.5. The second-order valence-electron chi connectivity index (χ2n) is 4.46. The van der Waals surface area contributed by atoms with Crippen molar-refractivity contribution in [2.45, 2.75) is 60.5 Å². The summed E-state index contributed by atoms with van der Waals surface area (Å²) >= 11 is 0. The summed E-state index contributed by atoms with van der Waals surface area (Å²) in [6.07, 6.45) is 0. The van der Waals surface area contributed by atoms with Crippen molar-refractivity contribution in [3.63, 3.8) is 0 Å². The molecular weight excluding hydrogens is 160 g/mol. The lowest BCUT2D eigenvalue weighted by molar-refractivity contribution is 0.182. The average Bonchev–Trinajstić information content (AvgIpc) is 1.97. The standard InChI is InChI=1S/C11H24N2/c1-8(2)11(7)12-13(9(3)4)10(5)6/h8-10H,1-7H3/b12-11-.